The number of carbonyl (C=O) groups excluding carboxylic acids is 1. The second-order valence-electron chi connectivity index (χ2n) is 5.50. The van der Waals surface area contributed by atoms with Crippen molar-refractivity contribution in [3.63, 3.8) is 0 Å². The summed E-state index contributed by atoms with van der Waals surface area (Å²) in [4.78, 5) is 12.8. The number of rotatable bonds is 2. The number of aryl methyl sites for hydroxylation is 1. The van der Waals surface area contributed by atoms with E-state index < -0.39 is 0 Å². The molecule has 0 radical (unpaired) electrons. The van der Waals surface area contributed by atoms with Gasteiger partial charge in [0, 0.05) is 0 Å². The van der Waals surface area contributed by atoms with Gasteiger partial charge in [0.1, 0.15) is 0 Å². The molecule has 1 aliphatic heterocycles. The third-order valence-corrected chi connectivity index (χ3v) is 3.88. The largest absolute Gasteiger partial charge is 0.280 e. The lowest BCUT2D eigenvalue weighted by molar-refractivity contribution is -0.114. The fourth-order valence-corrected chi connectivity index (χ4v) is 2.63. The van der Waals surface area contributed by atoms with E-state index >= 15 is 0 Å². The summed E-state index contributed by atoms with van der Waals surface area (Å²) in [5.74, 6) is -0.0678. The molecule has 2 aromatic rings. The van der Waals surface area contributed by atoms with Crippen molar-refractivity contribution < 1.29 is 4.79 Å². The molecular weight excluding hydrogens is 272 g/mol. The van der Waals surface area contributed by atoms with E-state index in [1.807, 2.05) is 56.3 Å². The molecule has 0 saturated heterocycles. The van der Waals surface area contributed by atoms with Gasteiger partial charge in [-0.25, -0.2) is 0 Å². The lowest BCUT2D eigenvalue weighted by atomic mass is 9.98. The van der Waals surface area contributed by atoms with E-state index in [2.05, 4.69) is 24.2 Å². The van der Waals surface area contributed by atoms with Gasteiger partial charge in [-0.2, -0.15) is 10.1 Å². The van der Waals surface area contributed by atoms with Crippen molar-refractivity contribution in [3.05, 3.63) is 71.3 Å². The predicted molar refractivity (Wildman–Crippen MR) is 90.8 cm³/mol. The molecule has 0 atom stereocenters. The summed E-state index contributed by atoms with van der Waals surface area (Å²) in [6.45, 7) is 5.91. The van der Waals surface area contributed by atoms with Gasteiger partial charge in [0.15, 0.2) is 0 Å². The minimum Gasteiger partial charge on any atom is -0.267 e. The molecule has 0 bridgehead atoms. The van der Waals surface area contributed by atoms with Crippen molar-refractivity contribution in [2.45, 2.75) is 20.8 Å². The topological polar surface area (TPSA) is 32.7 Å². The monoisotopic (exact) mass is 290 g/mol. The van der Waals surface area contributed by atoms with Gasteiger partial charge in [0.05, 0.1) is 17.0 Å². The fraction of sp³-hybridized carbons (Fsp3) is 0.158. The van der Waals surface area contributed by atoms with Gasteiger partial charge in [-0.3, -0.25) is 4.79 Å². The Morgan fingerprint density at radius 1 is 0.955 bits per heavy atom. The van der Waals surface area contributed by atoms with Crippen LogP contribution in [0.1, 0.15) is 25.0 Å². The highest BCUT2D eigenvalue weighted by molar-refractivity contribution is 6.33. The van der Waals surface area contributed by atoms with Gasteiger partial charge < -0.3 is 0 Å². The van der Waals surface area contributed by atoms with Crippen LogP contribution in [0.4, 0.5) is 5.69 Å². The molecule has 22 heavy (non-hydrogen) atoms. The number of anilines is 1. The van der Waals surface area contributed by atoms with E-state index in [1.54, 1.807) is 0 Å². The average molecular weight is 290 g/mol. The van der Waals surface area contributed by atoms with Crippen LogP contribution in [0.25, 0.3) is 5.57 Å². The van der Waals surface area contributed by atoms with Crippen molar-refractivity contribution in [1.82, 2.24) is 0 Å². The quantitative estimate of drug-likeness (QED) is 0.763. The molecule has 110 valence electrons. The molecule has 1 heterocycles. The number of hydrazone groups is 1. The maximum atomic E-state index is 12.8. The van der Waals surface area contributed by atoms with Crippen LogP contribution in [0.3, 0.4) is 0 Å². The Labute approximate surface area is 130 Å². The fourth-order valence-electron chi connectivity index (χ4n) is 2.63. The molecule has 0 spiro atoms. The number of allylic oxidation sites excluding steroid dienone is 1. The van der Waals surface area contributed by atoms with Crippen molar-refractivity contribution >= 4 is 22.9 Å². The van der Waals surface area contributed by atoms with Gasteiger partial charge in [-0.1, -0.05) is 48.0 Å². The van der Waals surface area contributed by atoms with Gasteiger partial charge >= 0.3 is 0 Å². The third-order valence-electron chi connectivity index (χ3n) is 3.88. The standard InChI is InChI=1S/C19H18N2O/c1-13-9-11-16(12-10-13)14(2)18-15(3)20-21(19(18)22)17-7-5-4-6-8-17/h4-12H,1-3H3/b18-14-. The van der Waals surface area contributed by atoms with E-state index in [-0.39, 0.29) is 5.91 Å². The van der Waals surface area contributed by atoms with Gasteiger partial charge in [0.25, 0.3) is 5.91 Å². The van der Waals surface area contributed by atoms with Crippen LogP contribution in [0.5, 0.6) is 0 Å². The smallest absolute Gasteiger partial charge is 0.267 e. The van der Waals surface area contributed by atoms with E-state index in [9.17, 15) is 4.79 Å². The minimum absolute atomic E-state index is 0.0678. The number of amides is 1. The van der Waals surface area contributed by atoms with Crippen molar-refractivity contribution in [2.24, 2.45) is 5.10 Å². The second kappa shape index (κ2) is 5.60. The molecule has 0 saturated carbocycles. The SMILES string of the molecule is CC1=NN(c2ccccc2)C(=O)/C1=C(/C)c1ccc(C)cc1. The summed E-state index contributed by atoms with van der Waals surface area (Å²) < 4.78 is 0. The number of hydrogen-bond acceptors (Lipinski definition) is 2. The van der Waals surface area contributed by atoms with Crippen LogP contribution < -0.4 is 5.01 Å². The Morgan fingerprint density at radius 3 is 2.23 bits per heavy atom. The Balaban J connectivity index is 2.02. The summed E-state index contributed by atoms with van der Waals surface area (Å²) in [5.41, 5.74) is 5.46. The summed E-state index contributed by atoms with van der Waals surface area (Å²) >= 11 is 0. The molecule has 2 aromatic carbocycles. The highest BCUT2D eigenvalue weighted by atomic mass is 16.2. The lowest BCUT2D eigenvalue weighted by Crippen LogP contribution is -2.21. The number of benzene rings is 2. The normalized spacial score (nSPS) is 16.8. The summed E-state index contributed by atoms with van der Waals surface area (Å²) in [7, 11) is 0. The molecule has 1 amide bonds. The van der Waals surface area contributed by atoms with Crippen LogP contribution in [-0.2, 0) is 4.79 Å². The number of para-hydroxylation sites is 1. The first-order valence-corrected chi connectivity index (χ1v) is 7.31. The summed E-state index contributed by atoms with van der Waals surface area (Å²) in [5, 5.41) is 5.90. The van der Waals surface area contributed by atoms with Crippen LogP contribution >= 0.6 is 0 Å². The van der Waals surface area contributed by atoms with Gasteiger partial charge in [-0.05, 0) is 44.0 Å². The molecule has 0 aliphatic carbocycles. The van der Waals surface area contributed by atoms with Crippen LogP contribution in [0.2, 0.25) is 0 Å². The van der Waals surface area contributed by atoms with Crippen LogP contribution in [0.15, 0.2) is 65.3 Å². The highest BCUT2D eigenvalue weighted by Crippen LogP contribution is 2.28. The Morgan fingerprint density at radius 2 is 1.59 bits per heavy atom. The van der Waals surface area contributed by atoms with Crippen molar-refractivity contribution in [2.75, 3.05) is 5.01 Å². The molecule has 0 unspecified atom stereocenters. The second-order valence-corrected chi connectivity index (χ2v) is 5.50. The minimum atomic E-state index is -0.0678. The lowest BCUT2D eigenvalue weighted by Gasteiger charge is -2.12. The number of nitrogens with zero attached hydrogens (tertiary/aromatic N) is 2. The van der Waals surface area contributed by atoms with Crippen LogP contribution in [-0.4, -0.2) is 11.6 Å². The van der Waals surface area contributed by atoms with E-state index in [1.165, 1.54) is 10.6 Å². The van der Waals surface area contributed by atoms with E-state index in [4.69, 9.17) is 0 Å². The summed E-state index contributed by atoms with van der Waals surface area (Å²) in [6, 6.07) is 17.7. The van der Waals surface area contributed by atoms with Gasteiger partial charge in [-0.15, -0.1) is 0 Å². The number of hydrogen-bond donors (Lipinski definition) is 0. The molecule has 3 rings (SSSR count). The maximum Gasteiger partial charge on any atom is 0.280 e. The van der Waals surface area contributed by atoms with E-state index in [0.29, 0.717) is 5.57 Å². The molecule has 0 fully saturated rings. The Hall–Kier alpha value is -2.68. The van der Waals surface area contributed by atoms with Crippen molar-refractivity contribution in [3.8, 4) is 0 Å². The first kappa shape index (κ1) is 14.3. The maximum absolute atomic E-state index is 12.8. The molecule has 1 aliphatic rings. The number of carbonyl (C=O) groups is 1. The molecule has 0 N–H and O–H groups in total. The molecular formula is C19H18N2O. The molecule has 3 nitrogen and oxygen atoms in total. The molecule has 3 heteroatoms. The van der Waals surface area contributed by atoms with Crippen LogP contribution in [0, 0.1) is 6.92 Å². The zero-order valence-electron chi connectivity index (χ0n) is 13.0. The summed E-state index contributed by atoms with van der Waals surface area (Å²) in [6.07, 6.45) is 0. The van der Waals surface area contributed by atoms with Gasteiger partial charge in [0.2, 0.25) is 0 Å². The Bertz CT molecular complexity index is 771. The average Bonchev–Trinajstić information content (AvgIpc) is 2.83. The first-order valence-electron chi connectivity index (χ1n) is 7.31. The molecule has 0 aromatic heterocycles. The predicted octanol–water partition coefficient (Wildman–Crippen LogP) is 4.19. The zero-order chi connectivity index (χ0) is 15.7. The first-order chi connectivity index (χ1) is 10.6. The zero-order valence-corrected chi connectivity index (χ0v) is 13.0. The van der Waals surface area contributed by atoms with E-state index in [0.717, 1.165) is 22.5 Å². The highest BCUT2D eigenvalue weighted by Gasteiger charge is 2.30. The third kappa shape index (κ3) is 2.46. The van der Waals surface area contributed by atoms with Crippen molar-refractivity contribution in [1.29, 1.82) is 0 Å². The Kier molecular flexibility index (Phi) is 3.63.